The highest BCUT2D eigenvalue weighted by Crippen LogP contribution is 2.38. The molecule has 30 heavy (non-hydrogen) atoms. The summed E-state index contributed by atoms with van der Waals surface area (Å²) in [5, 5.41) is 3.20. The van der Waals surface area contributed by atoms with E-state index in [-0.39, 0.29) is 22.9 Å². The van der Waals surface area contributed by atoms with Gasteiger partial charge in [-0.1, -0.05) is 6.07 Å². The zero-order valence-electron chi connectivity index (χ0n) is 17.3. The first-order valence-corrected chi connectivity index (χ1v) is 11.9. The van der Waals surface area contributed by atoms with E-state index in [1.807, 2.05) is 13.0 Å². The summed E-state index contributed by atoms with van der Waals surface area (Å²) < 4.78 is 29.2. The summed E-state index contributed by atoms with van der Waals surface area (Å²) >= 11 is 0. The third kappa shape index (κ3) is 3.87. The second kappa shape index (κ2) is 7.88. The predicted octanol–water partition coefficient (Wildman–Crippen LogP) is 2.58. The first-order valence-electron chi connectivity index (χ1n) is 9.97. The molecule has 0 spiro atoms. The molecule has 160 valence electrons. The number of carbonyl (C=O) groups is 1. The molecule has 2 aromatic rings. The Morgan fingerprint density at radius 1 is 1.17 bits per heavy atom. The SMILES string of the molecule is C[C@@H]1C(=O)N(C)c2ccc(Nc3cccc(S(C)(=O)=O)c3)nc2N1C1CCOCC1. The van der Waals surface area contributed by atoms with Crippen molar-refractivity contribution in [3.63, 3.8) is 0 Å². The Balaban J connectivity index is 1.70. The molecule has 0 saturated carbocycles. The van der Waals surface area contributed by atoms with Crippen molar-refractivity contribution in [2.75, 3.05) is 41.6 Å². The molecule has 8 nitrogen and oxygen atoms in total. The third-order valence-electron chi connectivity index (χ3n) is 5.68. The average molecular weight is 431 g/mol. The molecule has 3 heterocycles. The summed E-state index contributed by atoms with van der Waals surface area (Å²) in [6, 6.07) is 10.2. The van der Waals surface area contributed by atoms with Crippen LogP contribution in [0.15, 0.2) is 41.3 Å². The molecule has 1 amide bonds. The lowest BCUT2D eigenvalue weighted by atomic mass is 10.0. The summed E-state index contributed by atoms with van der Waals surface area (Å²) in [4.78, 5) is 21.6. The molecule has 9 heteroatoms. The highest BCUT2D eigenvalue weighted by Gasteiger charge is 2.39. The highest BCUT2D eigenvalue weighted by atomic mass is 32.2. The molecular weight excluding hydrogens is 404 g/mol. The van der Waals surface area contributed by atoms with Crippen molar-refractivity contribution >= 4 is 38.8 Å². The van der Waals surface area contributed by atoms with Crippen LogP contribution in [0.2, 0.25) is 0 Å². The van der Waals surface area contributed by atoms with Gasteiger partial charge < -0.3 is 19.9 Å². The van der Waals surface area contributed by atoms with Gasteiger partial charge in [0.05, 0.1) is 10.6 Å². The number of likely N-dealkylation sites (N-methyl/N-ethyl adjacent to an activating group) is 1. The van der Waals surface area contributed by atoms with Crippen molar-refractivity contribution in [2.45, 2.75) is 36.7 Å². The molecule has 1 saturated heterocycles. The number of hydrogen-bond acceptors (Lipinski definition) is 7. The summed E-state index contributed by atoms with van der Waals surface area (Å²) in [5.41, 5.74) is 1.40. The van der Waals surface area contributed by atoms with Crippen molar-refractivity contribution < 1.29 is 17.9 Å². The van der Waals surface area contributed by atoms with Crippen LogP contribution in [-0.4, -0.2) is 57.9 Å². The van der Waals surface area contributed by atoms with Crippen LogP contribution in [0.5, 0.6) is 0 Å². The Hall–Kier alpha value is -2.65. The summed E-state index contributed by atoms with van der Waals surface area (Å²) in [5.74, 6) is 1.38. The maximum Gasteiger partial charge on any atom is 0.249 e. The molecular formula is C21H26N4O4S. The topological polar surface area (TPSA) is 91.8 Å². The molecule has 1 N–H and O–H groups in total. The lowest BCUT2D eigenvalue weighted by Crippen LogP contribution is -2.56. The van der Waals surface area contributed by atoms with E-state index in [1.54, 1.807) is 42.3 Å². The Labute approximate surface area is 176 Å². The Bertz CT molecular complexity index is 1070. The number of benzene rings is 1. The van der Waals surface area contributed by atoms with Crippen LogP contribution in [0.25, 0.3) is 0 Å². The van der Waals surface area contributed by atoms with Gasteiger partial charge in [0, 0.05) is 38.2 Å². The number of ether oxygens (including phenoxy) is 1. The van der Waals surface area contributed by atoms with Crippen molar-refractivity contribution in [3.05, 3.63) is 36.4 Å². The smallest absolute Gasteiger partial charge is 0.249 e. The molecule has 0 aliphatic carbocycles. The fourth-order valence-corrected chi connectivity index (χ4v) is 4.74. The molecule has 0 unspecified atom stereocenters. The van der Waals surface area contributed by atoms with Crippen LogP contribution in [0.4, 0.5) is 23.0 Å². The van der Waals surface area contributed by atoms with E-state index in [9.17, 15) is 13.2 Å². The third-order valence-corrected chi connectivity index (χ3v) is 6.79. The van der Waals surface area contributed by atoms with E-state index in [0.29, 0.717) is 24.7 Å². The van der Waals surface area contributed by atoms with Gasteiger partial charge in [-0.05, 0) is 50.1 Å². The van der Waals surface area contributed by atoms with Gasteiger partial charge in [0.1, 0.15) is 11.9 Å². The Morgan fingerprint density at radius 3 is 2.60 bits per heavy atom. The Kier molecular flexibility index (Phi) is 5.42. The minimum Gasteiger partial charge on any atom is -0.381 e. The van der Waals surface area contributed by atoms with E-state index in [4.69, 9.17) is 9.72 Å². The monoisotopic (exact) mass is 430 g/mol. The molecule has 4 rings (SSSR count). The minimum absolute atomic E-state index is 0.0392. The molecule has 2 aliphatic heterocycles. The van der Waals surface area contributed by atoms with Crippen LogP contribution in [-0.2, 0) is 19.4 Å². The van der Waals surface area contributed by atoms with Crippen LogP contribution in [0.3, 0.4) is 0 Å². The first-order chi connectivity index (χ1) is 14.3. The Morgan fingerprint density at radius 2 is 1.90 bits per heavy atom. The number of nitrogens with one attached hydrogen (secondary N) is 1. The zero-order chi connectivity index (χ0) is 21.5. The van der Waals surface area contributed by atoms with E-state index < -0.39 is 9.84 Å². The molecule has 1 atom stereocenters. The molecule has 1 aromatic carbocycles. The van der Waals surface area contributed by atoms with Gasteiger partial charge in [0.2, 0.25) is 5.91 Å². The summed E-state index contributed by atoms with van der Waals surface area (Å²) in [6.45, 7) is 3.25. The molecule has 1 aromatic heterocycles. The number of carbonyl (C=O) groups excluding carboxylic acids is 1. The fourth-order valence-electron chi connectivity index (χ4n) is 4.07. The molecule has 0 bridgehead atoms. The standard InChI is InChI=1S/C21H26N4O4S/c1-14-21(26)24(2)18-7-8-19(22-15-5-4-6-17(13-15)30(3,27)28)23-20(18)25(14)16-9-11-29-12-10-16/h4-8,13-14,16H,9-12H2,1-3H3,(H,22,23)/t14-/m1/s1. The van der Waals surface area contributed by atoms with Gasteiger partial charge in [-0.3, -0.25) is 4.79 Å². The van der Waals surface area contributed by atoms with Gasteiger partial charge in [-0.25, -0.2) is 13.4 Å². The van der Waals surface area contributed by atoms with Gasteiger partial charge in [-0.15, -0.1) is 0 Å². The number of anilines is 4. The summed E-state index contributed by atoms with van der Waals surface area (Å²) in [6.07, 6.45) is 2.87. The fraction of sp³-hybridized carbons (Fsp3) is 0.429. The first kappa shape index (κ1) is 20.6. The van der Waals surface area contributed by atoms with Crippen molar-refractivity contribution in [3.8, 4) is 0 Å². The van der Waals surface area contributed by atoms with Crippen molar-refractivity contribution in [1.82, 2.24) is 4.98 Å². The zero-order valence-corrected chi connectivity index (χ0v) is 18.1. The van der Waals surface area contributed by atoms with Gasteiger partial charge in [-0.2, -0.15) is 0 Å². The van der Waals surface area contributed by atoms with Crippen LogP contribution in [0, 0.1) is 0 Å². The number of aromatic nitrogens is 1. The minimum atomic E-state index is -3.30. The number of rotatable bonds is 4. The van der Waals surface area contributed by atoms with E-state index >= 15 is 0 Å². The predicted molar refractivity (Wildman–Crippen MR) is 116 cm³/mol. The number of amides is 1. The normalized spacial score (nSPS) is 20.2. The van der Waals surface area contributed by atoms with E-state index in [2.05, 4.69) is 10.2 Å². The lowest BCUT2D eigenvalue weighted by molar-refractivity contribution is -0.119. The van der Waals surface area contributed by atoms with Crippen LogP contribution < -0.4 is 15.1 Å². The van der Waals surface area contributed by atoms with Gasteiger partial charge >= 0.3 is 0 Å². The quantitative estimate of drug-likeness (QED) is 0.797. The maximum absolute atomic E-state index is 12.8. The summed E-state index contributed by atoms with van der Waals surface area (Å²) in [7, 11) is -1.53. The van der Waals surface area contributed by atoms with Crippen molar-refractivity contribution in [2.24, 2.45) is 0 Å². The van der Waals surface area contributed by atoms with Crippen LogP contribution in [0.1, 0.15) is 19.8 Å². The van der Waals surface area contributed by atoms with Crippen molar-refractivity contribution in [1.29, 1.82) is 0 Å². The number of nitrogens with zero attached hydrogens (tertiary/aromatic N) is 3. The lowest BCUT2D eigenvalue weighted by Gasteiger charge is -2.44. The number of hydrogen-bond donors (Lipinski definition) is 1. The highest BCUT2D eigenvalue weighted by molar-refractivity contribution is 7.90. The van der Waals surface area contributed by atoms with Gasteiger partial charge in [0.25, 0.3) is 0 Å². The maximum atomic E-state index is 12.8. The average Bonchev–Trinajstić information content (AvgIpc) is 2.73. The number of pyridine rings is 1. The number of sulfone groups is 1. The number of fused-ring (bicyclic) bond motifs is 1. The van der Waals surface area contributed by atoms with E-state index in [0.717, 1.165) is 24.3 Å². The molecule has 2 aliphatic rings. The molecule has 0 radical (unpaired) electrons. The van der Waals surface area contributed by atoms with Gasteiger partial charge in [0.15, 0.2) is 15.7 Å². The van der Waals surface area contributed by atoms with Crippen LogP contribution >= 0.6 is 0 Å². The second-order valence-corrected chi connectivity index (χ2v) is 9.80. The molecule has 1 fully saturated rings. The van der Waals surface area contributed by atoms with E-state index in [1.165, 1.54) is 6.26 Å². The largest absolute Gasteiger partial charge is 0.381 e. The second-order valence-electron chi connectivity index (χ2n) is 7.79.